The van der Waals surface area contributed by atoms with Crippen molar-refractivity contribution in [2.45, 2.75) is 6.18 Å². The molecule has 0 saturated carbocycles. The molecule has 0 atom stereocenters. The van der Waals surface area contributed by atoms with Crippen molar-refractivity contribution in [3.8, 4) is 0 Å². The molecule has 1 heterocycles. The molecule has 0 N–H and O–H groups in total. The molecule has 1 aromatic carbocycles. The zero-order chi connectivity index (χ0) is 12.5. The van der Waals surface area contributed by atoms with Crippen LogP contribution in [0.1, 0.15) is 21.9 Å². The molecular weight excluding hydrogens is 233 g/mol. The second-order valence-electron chi connectivity index (χ2n) is 3.36. The molecule has 0 bridgehead atoms. The maximum atomic E-state index is 12.3. The molecule has 17 heavy (non-hydrogen) atoms. The van der Waals surface area contributed by atoms with Gasteiger partial charge in [-0.2, -0.15) is 13.2 Å². The molecule has 0 radical (unpaired) electrons. The fraction of sp³-hybridized carbons (Fsp3) is 0.0833. The fourth-order valence-corrected chi connectivity index (χ4v) is 1.34. The van der Waals surface area contributed by atoms with Crippen molar-refractivity contribution in [1.82, 2.24) is 0 Å². The summed E-state index contributed by atoms with van der Waals surface area (Å²) in [6, 6.07) is 9.76. The smallest absolute Gasteiger partial charge is 0.448 e. The first kappa shape index (κ1) is 11.4. The Morgan fingerprint density at radius 2 is 1.65 bits per heavy atom. The Morgan fingerprint density at radius 3 is 2.18 bits per heavy atom. The Hall–Kier alpha value is -2.04. The average molecular weight is 240 g/mol. The second-order valence-corrected chi connectivity index (χ2v) is 3.36. The van der Waals surface area contributed by atoms with Crippen molar-refractivity contribution in [2.24, 2.45) is 0 Å². The topological polar surface area (TPSA) is 30.2 Å². The van der Waals surface area contributed by atoms with Crippen LogP contribution < -0.4 is 0 Å². The van der Waals surface area contributed by atoms with Gasteiger partial charge in [-0.15, -0.1) is 0 Å². The summed E-state index contributed by atoms with van der Waals surface area (Å²) in [6.07, 6.45) is -4.57. The summed E-state index contributed by atoms with van der Waals surface area (Å²) in [6.45, 7) is 0. The van der Waals surface area contributed by atoms with Crippen molar-refractivity contribution in [1.29, 1.82) is 0 Å². The monoisotopic (exact) mass is 240 g/mol. The van der Waals surface area contributed by atoms with Gasteiger partial charge in [-0.05, 0) is 12.1 Å². The summed E-state index contributed by atoms with van der Waals surface area (Å²) >= 11 is 0. The molecule has 0 amide bonds. The average Bonchev–Trinajstić information content (AvgIpc) is 2.78. The van der Waals surface area contributed by atoms with E-state index in [0.29, 0.717) is 0 Å². The highest BCUT2D eigenvalue weighted by molar-refractivity contribution is 6.07. The van der Waals surface area contributed by atoms with Crippen molar-refractivity contribution in [2.75, 3.05) is 0 Å². The van der Waals surface area contributed by atoms with E-state index in [1.54, 1.807) is 18.2 Å². The standard InChI is InChI=1S/C12H7F3O2/c13-12(14,15)10-7-6-9(17-10)11(16)8-4-2-1-3-5-8/h1-7H. The molecule has 88 valence electrons. The lowest BCUT2D eigenvalue weighted by Gasteiger charge is -2.01. The van der Waals surface area contributed by atoms with Gasteiger partial charge in [0.1, 0.15) is 0 Å². The van der Waals surface area contributed by atoms with Crippen LogP contribution in [-0.2, 0) is 6.18 Å². The summed E-state index contributed by atoms with van der Waals surface area (Å²) in [7, 11) is 0. The SMILES string of the molecule is O=C(c1ccccc1)c1ccc(C(F)(F)F)o1. The predicted molar refractivity (Wildman–Crippen MR) is 53.6 cm³/mol. The summed E-state index contributed by atoms with van der Waals surface area (Å²) in [5, 5.41) is 0. The molecule has 5 heteroatoms. The van der Waals surface area contributed by atoms with Crippen molar-refractivity contribution < 1.29 is 22.4 Å². The molecule has 0 aliphatic carbocycles. The Morgan fingerprint density at radius 1 is 1.00 bits per heavy atom. The maximum absolute atomic E-state index is 12.3. The van der Waals surface area contributed by atoms with Gasteiger partial charge in [0.2, 0.25) is 11.5 Å². The number of rotatable bonds is 2. The third-order valence-corrected chi connectivity index (χ3v) is 2.15. The molecule has 0 aliphatic heterocycles. The van der Waals surface area contributed by atoms with Gasteiger partial charge >= 0.3 is 6.18 Å². The van der Waals surface area contributed by atoms with Crippen LogP contribution in [0.5, 0.6) is 0 Å². The van der Waals surface area contributed by atoms with Crippen LogP contribution in [0.3, 0.4) is 0 Å². The first-order valence-corrected chi connectivity index (χ1v) is 4.75. The Labute approximate surface area is 94.7 Å². The van der Waals surface area contributed by atoms with Gasteiger partial charge in [-0.3, -0.25) is 4.79 Å². The number of hydrogen-bond acceptors (Lipinski definition) is 2. The molecule has 0 saturated heterocycles. The van der Waals surface area contributed by atoms with Gasteiger partial charge in [0.25, 0.3) is 0 Å². The zero-order valence-corrected chi connectivity index (χ0v) is 8.49. The van der Waals surface area contributed by atoms with Gasteiger partial charge in [-0.25, -0.2) is 0 Å². The summed E-state index contributed by atoms with van der Waals surface area (Å²) < 4.78 is 41.3. The highest BCUT2D eigenvalue weighted by Crippen LogP contribution is 2.31. The minimum absolute atomic E-state index is 0.288. The van der Waals surface area contributed by atoms with Crippen LogP contribution in [0.2, 0.25) is 0 Å². The van der Waals surface area contributed by atoms with Crippen molar-refractivity contribution in [3.05, 3.63) is 59.5 Å². The molecule has 2 rings (SSSR count). The molecule has 2 aromatic rings. The number of benzene rings is 1. The van der Waals surface area contributed by atoms with Gasteiger partial charge < -0.3 is 4.42 Å². The Bertz CT molecular complexity index is 526. The van der Waals surface area contributed by atoms with Crippen molar-refractivity contribution in [3.63, 3.8) is 0 Å². The molecule has 1 aromatic heterocycles. The number of alkyl halides is 3. The summed E-state index contributed by atoms with van der Waals surface area (Å²) in [4.78, 5) is 11.7. The Balaban J connectivity index is 2.30. The van der Waals surface area contributed by atoms with E-state index in [-0.39, 0.29) is 11.3 Å². The molecule has 2 nitrogen and oxygen atoms in total. The van der Waals surface area contributed by atoms with Crippen LogP contribution in [0.25, 0.3) is 0 Å². The van der Waals surface area contributed by atoms with Gasteiger partial charge in [0, 0.05) is 5.56 Å². The number of carbonyl (C=O) groups excluding carboxylic acids is 1. The molecule has 0 spiro atoms. The minimum Gasteiger partial charge on any atom is -0.448 e. The summed E-state index contributed by atoms with van der Waals surface area (Å²) in [5.41, 5.74) is 0.288. The first-order chi connectivity index (χ1) is 7.98. The predicted octanol–water partition coefficient (Wildman–Crippen LogP) is 3.53. The zero-order valence-electron chi connectivity index (χ0n) is 8.49. The van der Waals surface area contributed by atoms with Crippen LogP contribution in [-0.4, -0.2) is 5.78 Å². The van der Waals surface area contributed by atoms with Gasteiger partial charge in [0.15, 0.2) is 5.76 Å². The lowest BCUT2D eigenvalue weighted by molar-refractivity contribution is -0.153. The summed E-state index contributed by atoms with van der Waals surface area (Å²) in [5.74, 6) is -2.05. The van der Waals surface area contributed by atoms with E-state index in [4.69, 9.17) is 0 Å². The van der Waals surface area contributed by atoms with Crippen molar-refractivity contribution >= 4 is 5.78 Å². The molecule has 0 aliphatic rings. The highest BCUT2D eigenvalue weighted by atomic mass is 19.4. The number of halogens is 3. The van der Waals surface area contributed by atoms with E-state index in [1.165, 1.54) is 12.1 Å². The van der Waals surface area contributed by atoms with Crippen LogP contribution in [0, 0.1) is 0 Å². The maximum Gasteiger partial charge on any atom is 0.449 e. The van der Waals surface area contributed by atoms with E-state index in [0.717, 1.165) is 12.1 Å². The van der Waals surface area contributed by atoms with E-state index >= 15 is 0 Å². The number of ketones is 1. The van der Waals surface area contributed by atoms with E-state index < -0.39 is 17.7 Å². The van der Waals surface area contributed by atoms with E-state index in [1.807, 2.05) is 0 Å². The third-order valence-electron chi connectivity index (χ3n) is 2.15. The molecular formula is C12H7F3O2. The van der Waals surface area contributed by atoms with E-state index in [2.05, 4.69) is 4.42 Å². The molecule has 0 unspecified atom stereocenters. The lowest BCUT2D eigenvalue weighted by Crippen LogP contribution is -2.03. The number of furan rings is 1. The third kappa shape index (κ3) is 2.38. The number of hydrogen-bond donors (Lipinski definition) is 0. The largest absolute Gasteiger partial charge is 0.449 e. The van der Waals surface area contributed by atoms with E-state index in [9.17, 15) is 18.0 Å². The quantitative estimate of drug-likeness (QED) is 0.751. The lowest BCUT2D eigenvalue weighted by atomic mass is 10.1. The van der Waals surface area contributed by atoms with Crippen LogP contribution in [0.4, 0.5) is 13.2 Å². The number of carbonyl (C=O) groups is 1. The first-order valence-electron chi connectivity index (χ1n) is 4.75. The van der Waals surface area contributed by atoms with Crippen LogP contribution >= 0.6 is 0 Å². The highest BCUT2D eigenvalue weighted by Gasteiger charge is 2.35. The fourth-order valence-electron chi connectivity index (χ4n) is 1.34. The van der Waals surface area contributed by atoms with Gasteiger partial charge in [-0.1, -0.05) is 30.3 Å². The molecule has 0 fully saturated rings. The normalized spacial score (nSPS) is 11.5. The van der Waals surface area contributed by atoms with Crippen LogP contribution in [0.15, 0.2) is 46.9 Å². The van der Waals surface area contributed by atoms with Gasteiger partial charge in [0.05, 0.1) is 0 Å². The second kappa shape index (κ2) is 4.08. The minimum atomic E-state index is -4.57. The Kier molecular flexibility index (Phi) is 2.75.